The van der Waals surface area contributed by atoms with Crippen LogP contribution in [0.15, 0.2) is 42.5 Å². The van der Waals surface area contributed by atoms with Crippen LogP contribution in [0.2, 0.25) is 0 Å². The maximum atomic E-state index is 13.1. The van der Waals surface area contributed by atoms with E-state index >= 15 is 0 Å². The zero-order valence-electron chi connectivity index (χ0n) is 42.2. The lowest BCUT2D eigenvalue weighted by Crippen LogP contribution is -2.25. The molecule has 0 spiro atoms. The van der Waals surface area contributed by atoms with Crippen LogP contribution in [0.4, 0.5) is 4.79 Å². The van der Waals surface area contributed by atoms with Gasteiger partial charge in [-0.2, -0.15) is 0 Å². The molecule has 1 rings (SSSR count). The Morgan fingerprint density at radius 3 is 1.46 bits per heavy atom. The number of hydrogen-bond donors (Lipinski definition) is 0. The van der Waals surface area contributed by atoms with Crippen molar-refractivity contribution in [2.75, 3.05) is 39.5 Å². The van der Waals surface area contributed by atoms with Crippen LogP contribution in [0.25, 0.3) is 0 Å². The van der Waals surface area contributed by atoms with Gasteiger partial charge in [0.25, 0.3) is 0 Å². The molecule has 0 amide bonds. The molecule has 0 atom stereocenters. The Bertz CT molecular complexity index is 1330. The quantitative estimate of drug-likeness (QED) is 0.0206. The second kappa shape index (κ2) is 44.6. The first-order valence-electron chi connectivity index (χ1n) is 26.3. The van der Waals surface area contributed by atoms with E-state index in [2.05, 4.69) is 63.8 Å². The summed E-state index contributed by atoms with van der Waals surface area (Å²) in [7, 11) is 0. The number of allylic oxidation sites excluding steroid dienone is 4. The molecule has 0 bridgehead atoms. The van der Waals surface area contributed by atoms with Crippen molar-refractivity contribution in [1.82, 2.24) is 4.90 Å². The van der Waals surface area contributed by atoms with Gasteiger partial charge in [-0.15, -0.1) is 0 Å². The third kappa shape index (κ3) is 37.6. The highest BCUT2D eigenvalue weighted by Crippen LogP contribution is 2.18. The van der Waals surface area contributed by atoms with Crippen LogP contribution < -0.4 is 0 Å². The molecule has 0 aliphatic carbocycles. The van der Waals surface area contributed by atoms with Crippen molar-refractivity contribution in [2.45, 2.75) is 234 Å². The number of unbranched alkanes of at least 4 members (excludes halogenated alkanes) is 18. The summed E-state index contributed by atoms with van der Waals surface area (Å²) in [5.41, 5.74) is 2.12. The lowest BCUT2D eigenvalue weighted by atomic mass is 10.1. The van der Waals surface area contributed by atoms with E-state index in [1.54, 1.807) is 0 Å². The molecule has 0 aromatic heterocycles. The van der Waals surface area contributed by atoms with Crippen LogP contribution in [0, 0.1) is 0 Å². The normalized spacial score (nSPS) is 11.7. The van der Waals surface area contributed by atoms with E-state index in [4.69, 9.17) is 28.4 Å². The number of rotatable bonds is 45. The second-order valence-electron chi connectivity index (χ2n) is 17.5. The SMILES string of the molecule is CCCCC/C=C\C/C=C\CCCCCCCC(=O)OCc1cc(COC(=O)CCC(OCCCCCCCC)OCCCCCCCC)cc(COC(=O)OCCCN(CC)CC)c1. The van der Waals surface area contributed by atoms with Crippen LogP contribution in [0.5, 0.6) is 0 Å². The summed E-state index contributed by atoms with van der Waals surface area (Å²) in [6.07, 6.45) is 36.1. The molecule has 0 saturated heterocycles. The van der Waals surface area contributed by atoms with Crippen LogP contribution >= 0.6 is 0 Å². The summed E-state index contributed by atoms with van der Waals surface area (Å²) in [5, 5.41) is 0. The van der Waals surface area contributed by atoms with Crippen molar-refractivity contribution in [3.8, 4) is 0 Å². The molecule has 0 fully saturated rings. The number of nitrogens with zero attached hydrogens (tertiary/aromatic N) is 1. The first-order chi connectivity index (χ1) is 31.8. The minimum absolute atomic E-state index is 0.0251. The van der Waals surface area contributed by atoms with Gasteiger partial charge in [0, 0.05) is 32.6 Å². The molecule has 0 saturated carbocycles. The van der Waals surface area contributed by atoms with E-state index in [-0.39, 0.29) is 44.8 Å². The third-order valence-corrected chi connectivity index (χ3v) is 11.5. The Hall–Kier alpha value is -3.21. The molecule has 10 nitrogen and oxygen atoms in total. The number of ether oxygens (including phenoxy) is 6. The molecule has 0 radical (unpaired) electrons. The second-order valence-corrected chi connectivity index (χ2v) is 17.5. The zero-order chi connectivity index (χ0) is 47.3. The van der Waals surface area contributed by atoms with E-state index in [1.165, 1.54) is 77.0 Å². The predicted molar refractivity (Wildman–Crippen MR) is 266 cm³/mol. The standard InChI is InChI=1S/C55H95NO9/c1-6-11-14-17-20-21-22-23-24-25-26-27-28-29-32-36-52(57)63-46-49-43-50(45-51(44-49)48-65-55(59)62-42-35-39-56(9-4)10-5)47-64-53(58)37-38-54(60-40-33-30-18-15-12-7-2)61-41-34-31-19-16-13-8-3/h20-21,23-24,43-45,54H,6-19,22,25-42,46-48H2,1-5H3/b21-20-,24-23-. The van der Waals surface area contributed by atoms with Gasteiger partial charge < -0.3 is 33.3 Å². The summed E-state index contributed by atoms with van der Waals surface area (Å²) < 4.78 is 34.5. The van der Waals surface area contributed by atoms with Crippen molar-refractivity contribution in [3.63, 3.8) is 0 Å². The molecule has 374 valence electrons. The predicted octanol–water partition coefficient (Wildman–Crippen LogP) is 14.8. The maximum Gasteiger partial charge on any atom is 0.508 e. The van der Waals surface area contributed by atoms with Gasteiger partial charge in [0.05, 0.1) is 13.0 Å². The molecule has 0 aliphatic heterocycles. The summed E-state index contributed by atoms with van der Waals surface area (Å²) in [4.78, 5) is 40.5. The van der Waals surface area contributed by atoms with Gasteiger partial charge in [-0.1, -0.05) is 155 Å². The highest BCUT2D eigenvalue weighted by atomic mass is 16.7. The number of carbonyl (C=O) groups is 3. The first-order valence-corrected chi connectivity index (χ1v) is 26.3. The minimum atomic E-state index is -0.737. The van der Waals surface area contributed by atoms with E-state index < -0.39 is 12.4 Å². The maximum absolute atomic E-state index is 13.1. The molecule has 10 heteroatoms. The van der Waals surface area contributed by atoms with Gasteiger partial charge in [0.15, 0.2) is 6.29 Å². The van der Waals surface area contributed by atoms with E-state index in [0.29, 0.717) is 37.2 Å². The molecule has 0 heterocycles. The fourth-order valence-electron chi connectivity index (χ4n) is 7.45. The molecule has 0 unspecified atom stereocenters. The van der Waals surface area contributed by atoms with Gasteiger partial charge >= 0.3 is 18.1 Å². The molecule has 0 N–H and O–H groups in total. The lowest BCUT2D eigenvalue weighted by molar-refractivity contribution is -0.160. The smallest absolute Gasteiger partial charge is 0.461 e. The summed E-state index contributed by atoms with van der Waals surface area (Å²) in [6, 6.07) is 5.55. The van der Waals surface area contributed by atoms with Gasteiger partial charge in [-0.3, -0.25) is 9.59 Å². The van der Waals surface area contributed by atoms with Crippen LogP contribution in [-0.4, -0.2) is 68.7 Å². The average Bonchev–Trinajstić information content (AvgIpc) is 3.31. The van der Waals surface area contributed by atoms with Gasteiger partial charge in [0.1, 0.15) is 19.8 Å². The minimum Gasteiger partial charge on any atom is -0.461 e. The highest BCUT2D eigenvalue weighted by Gasteiger charge is 2.15. The van der Waals surface area contributed by atoms with E-state index in [0.717, 1.165) is 102 Å². The highest BCUT2D eigenvalue weighted by molar-refractivity contribution is 5.69. The Kier molecular flexibility index (Phi) is 41.1. The van der Waals surface area contributed by atoms with Crippen LogP contribution in [-0.2, 0) is 57.8 Å². The summed E-state index contributed by atoms with van der Waals surface area (Å²) in [6.45, 7) is 15.2. The van der Waals surface area contributed by atoms with Gasteiger partial charge in [0.2, 0.25) is 0 Å². The van der Waals surface area contributed by atoms with Crippen molar-refractivity contribution >= 4 is 18.1 Å². The Morgan fingerprint density at radius 2 is 0.923 bits per heavy atom. The lowest BCUT2D eigenvalue weighted by Gasteiger charge is -2.19. The molecule has 65 heavy (non-hydrogen) atoms. The first kappa shape index (κ1) is 59.8. The van der Waals surface area contributed by atoms with Crippen molar-refractivity contribution < 1.29 is 42.8 Å². The fraction of sp³-hybridized carbons (Fsp3) is 0.764. The van der Waals surface area contributed by atoms with Crippen molar-refractivity contribution in [3.05, 3.63) is 59.2 Å². The number of hydrogen-bond acceptors (Lipinski definition) is 10. The molecular formula is C55H95NO9. The van der Waals surface area contributed by atoms with E-state index in [1.807, 2.05) is 18.2 Å². The summed E-state index contributed by atoms with van der Waals surface area (Å²) in [5.74, 6) is -0.591. The molecular weight excluding hydrogens is 819 g/mol. The number of carbonyl (C=O) groups excluding carboxylic acids is 3. The molecule has 1 aromatic carbocycles. The fourth-order valence-corrected chi connectivity index (χ4v) is 7.45. The average molecular weight is 914 g/mol. The zero-order valence-corrected chi connectivity index (χ0v) is 42.2. The molecule has 0 aliphatic rings. The monoisotopic (exact) mass is 914 g/mol. The van der Waals surface area contributed by atoms with Crippen molar-refractivity contribution in [2.24, 2.45) is 0 Å². The van der Waals surface area contributed by atoms with E-state index in [9.17, 15) is 14.4 Å². The van der Waals surface area contributed by atoms with Crippen LogP contribution in [0.3, 0.4) is 0 Å². The largest absolute Gasteiger partial charge is 0.508 e. The van der Waals surface area contributed by atoms with Crippen molar-refractivity contribution in [1.29, 1.82) is 0 Å². The molecule has 1 aromatic rings. The number of esters is 2. The topological polar surface area (TPSA) is 110 Å². The van der Waals surface area contributed by atoms with Gasteiger partial charge in [-0.05, 0) is 106 Å². The third-order valence-electron chi connectivity index (χ3n) is 11.5. The van der Waals surface area contributed by atoms with Gasteiger partial charge in [-0.25, -0.2) is 4.79 Å². The van der Waals surface area contributed by atoms with Crippen LogP contribution in [0.1, 0.15) is 225 Å². The Labute approximate surface area is 397 Å². The summed E-state index contributed by atoms with van der Waals surface area (Å²) >= 11 is 0. The Balaban J connectivity index is 2.71. The Morgan fingerprint density at radius 1 is 0.477 bits per heavy atom. The number of benzene rings is 1.